The Hall–Kier alpha value is -2.92. The highest BCUT2D eigenvalue weighted by molar-refractivity contribution is 6.05. The van der Waals surface area contributed by atoms with Gasteiger partial charge in [0.1, 0.15) is 17.9 Å². The molecule has 1 unspecified atom stereocenters. The van der Waals surface area contributed by atoms with Crippen LogP contribution < -0.4 is 15.4 Å². The van der Waals surface area contributed by atoms with E-state index in [1.807, 2.05) is 12.1 Å². The van der Waals surface area contributed by atoms with E-state index in [2.05, 4.69) is 16.7 Å². The SMILES string of the molecule is N#CC12CC(CN[C@H]3CCCC[C@H]3Oc3ccc4c(c3)CN(C3CCC(=O)NC3=O)C4=O)(C1)C2. The van der Waals surface area contributed by atoms with Crippen LogP contribution in [0.25, 0.3) is 0 Å². The van der Waals surface area contributed by atoms with Crippen LogP contribution >= 0.6 is 0 Å². The second-order valence-corrected chi connectivity index (χ2v) is 11.1. The molecule has 0 radical (unpaired) electrons. The summed E-state index contributed by atoms with van der Waals surface area (Å²) in [5.74, 6) is -0.0870. The lowest BCUT2D eigenvalue weighted by atomic mass is 9.35. The highest BCUT2D eigenvalue weighted by Crippen LogP contribution is 2.72. The van der Waals surface area contributed by atoms with E-state index >= 15 is 0 Å². The fraction of sp³-hybridized carbons (Fsp3) is 0.615. The number of nitrogens with zero attached hydrogens (tertiary/aromatic N) is 2. The van der Waals surface area contributed by atoms with E-state index < -0.39 is 11.9 Å². The standard InChI is InChI=1S/C26H30N4O4/c27-14-25-11-26(12-25,13-25)15-28-19-3-1-2-4-21(19)34-17-5-6-18-16(9-17)10-30(24(18)33)20-7-8-22(31)29-23(20)32/h5-6,9,19-21,28H,1-4,7-8,10-13,15H2,(H,29,31,32)/t19-,20?,21+,25?,26?/m0/s1. The quantitative estimate of drug-likeness (QED) is 0.628. The fourth-order valence-electron chi connectivity index (χ4n) is 6.92. The number of benzene rings is 1. The van der Waals surface area contributed by atoms with Crippen molar-refractivity contribution in [3.63, 3.8) is 0 Å². The van der Waals surface area contributed by atoms with Crippen molar-refractivity contribution in [3.8, 4) is 11.8 Å². The summed E-state index contributed by atoms with van der Waals surface area (Å²) in [6.45, 7) is 1.31. The lowest BCUT2D eigenvalue weighted by molar-refractivity contribution is -0.161. The Morgan fingerprint density at radius 3 is 2.71 bits per heavy atom. The molecule has 1 aromatic rings. The van der Waals surface area contributed by atoms with Gasteiger partial charge in [-0.25, -0.2) is 0 Å². The first-order valence-electron chi connectivity index (χ1n) is 12.5. The van der Waals surface area contributed by atoms with Gasteiger partial charge in [0.25, 0.3) is 5.91 Å². The monoisotopic (exact) mass is 462 g/mol. The third-order valence-electron chi connectivity index (χ3n) is 8.60. The molecular weight excluding hydrogens is 432 g/mol. The molecule has 3 amide bonds. The van der Waals surface area contributed by atoms with Crippen LogP contribution in [-0.2, 0) is 16.1 Å². The lowest BCUT2D eigenvalue weighted by Crippen LogP contribution is -2.65. The number of fused-ring (bicyclic) bond motifs is 1. The molecule has 7 rings (SSSR count). The van der Waals surface area contributed by atoms with Gasteiger partial charge < -0.3 is 15.0 Å². The first-order chi connectivity index (χ1) is 16.4. The summed E-state index contributed by atoms with van der Waals surface area (Å²) in [5, 5.41) is 15.4. The number of carbonyl (C=O) groups excluding carboxylic acids is 3. The van der Waals surface area contributed by atoms with E-state index in [1.165, 1.54) is 6.42 Å². The van der Waals surface area contributed by atoms with Crippen LogP contribution in [0.5, 0.6) is 5.75 Å². The zero-order valence-electron chi connectivity index (χ0n) is 19.3. The van der Waals surface area contributed by atoms with E-state index in [0.29, 0.717) is 23.9 Å². The van der Waals surface area contributed by atoms with Crippen LogP contribution in [0.4, 0.5) is 0 Å². The minimum atomic E-state index is -0.606. The van der Waals surface area contributed by atoms with Crippen molar-refractivity contribution in [1.29, 1.82) is 5.26 Å². The number of hydrogen-bond donors (Lipinski definition) is 2. The molecule has 2 aliphatic heterocycles. The summed E-state index contributed by atoms with van der Waals surface area (Å²) in [6.07, 6.45) is 8.18. The van der Waals surface area contributed by atoms with Gasteiger partial charge in [0.05, 0.1) is 11.5 Å². The number of carbonyl (C=O) groups is 3. The van der Waals surface area contributed by atoms with Crippen LogP contribution in [0, 0.1) is 22.2 Å². The summed E-state index contributed by atoms with van der Waals surface area (Å²) in [7, 11) is 0. The van der Waals surface area contributed by atoms with Crippen molar-refractivity contribution in [2.75, 3.05) is 6.54 Å². The molecule has 8 heteroatoms. The zero-order chi connectivity index (χ0) is 23.5. The lowest BCUT2D eigenvalue weighted by Gasteiger charge is -2.67. The molecule has 0 spiro atoms. The number of rotatable bonds is 6. The van der Waals surface area contributed by atoms with Crippen molar-refractivity contribution in [2.24, 2.45) is 10.8 Å². The smallest absolute Gasteiger partial charge is 0.255 e. The summed E-state index contributed by atoms with van der Waals surface area (Å²) in [5.41, 5.74) is 1.77. The minimum absolute atomic E-state index is 0.0201. The molecule has 2 N–H and O–H groups in total. The average molecular weight is 463 g/mol. The highest BCUT2D eigenvalue weighted by atomic mass is 16.5. The van der Waals surface area contributed by atoms with E-state index in [9.17, 15) is 19.6 Å². The van der Waals surface area contributed by atoms with Crippen LogP contribution in [0.15, 0.2) is 18.2 Å². The van der Waals surface area contributed by atoms with E-state index in [-0.39, 0.29) is 35.8 Å². The zero-order valence-corrected chi connectivity index (χ0v) is 19.3. The largest absolute Gasteiger partial charge is 0.489 e. The van der Waals surface area contributed by atoms with Gasteiger partial charge in [-0.1, -0.05) is 6.42 Å². The molecule has 4 saturated carbocycles. The van der Waals surface area contributed by atoms with Gasteiger partial charge in [-0.2, -0.15) is 5.26 Å². The molecule has 1 aromatic carbocycles. The van der Waals surface area contributed by atoms with Gasteiger partial charge in [-0.05, 0) is 74.1 Å². The molecule has 0 aromatic heterocycles. The fourth-order valence-corrected chi connectivity index (χ4v) is 6.92. The number of piperidine rings is 1. The Morgan fingerprint density at radius 2 is 1.94 bits per heavy atom. The number of hydrogen-bond acceptors (Lipinski definition) is 6. The summed E-state index contributed by atoms with van der Waals surface area (Å²) < 4.78 is 6.45. The Labute approximate surface area is 199 Å². The first kappa shape index (κ1) is 21.6. The van der Waals surface area contributed by atoms with E-state index in [1.54, 1.807) is 11.0 Å². The predicted molar refractivity (Wildman–Crippen MR) is 121 cm³/mol. The molecule has 6 aliphatic rings. The number of nitrogens with one attached hydrogen (secondary N) is 2. The van der Waals surface area contributed by atoms with Gasteiger partial charge in [-0.15, -0.1) is 0 Å². The molecule has 8 nitrogen and oxygen atoms in total. The van der Waals surface area contributed by atoms with Gasteiger partial charge in [-0.3, -0.25) is 19.7 Å². The van der Waals surface area contributed by atoms with Gasteiger partial charge in [0.15, 0.2) is 0 Å². The number of imide groups is 1. The van der Waals surface area contributed by atoms with E-state index in [0.717, 1.165) is 56.4 Å². The van der Waals surface area contributed by atoms with Crippen LogP contribution in [0.2, 0.25) is 0 Å². The molecular formula is C26H30N4O4. The molecule has 5 fully saturated rings. The van der Waals surface area contributed by atoms with Crippen molar-refractivity contribution in [3.05, 3.63) is 29.3 Å². The van der Waals surface area contributed by atoms with Crippen molar-refractivity contribution >= 4 is 17.7 Å². The summed E-state index contributed by atoms with van der Waals surface area (Å²) in [4.78, 5) is 38.2. The maximum absolute atomic E-state index is 12.9. The predicted octanol–water partition coefficient (Wildman–Crippen LogP) is 2.42. The maximum atomic E-state index is 12.9. The normalized spacial score (nSPS) is 36.1. The highest BCUT2D eigenvalue weighted by Gasteiger charge is 2.68. The van der Waals surface area contributed by atoms with Crippen LogP contribution in [0.3, 0.4) is 0 Å². The Balaban J connectivity index is 1.10. The van der Waals surface area contributed by atoms with Crippen LogP contribution in [0.1, 0.15) is 73.7 Å². The summed E-state index contributed by atoms with van der Waals surface area (Å²) in [6, 6.07) is 7.75. The number of nitriles is 1. The third-order valence-corrected chi connectivity index (χ3v) is 8.60. The Bertz CT molecular complexity index is 1090. The van der Waals surface area contributed by atoms with Crippen molar-refractivity contribution in [2.45, 2.75) is 82.5 Å². The molecule has 1 saturated heterocycles. The maximum Gasteiger partial charge on any atom is 0.255 e. The third kappa shape index (κ3) is 3.49. The van der Waals surface area contributed by atoms with Gasteiger partial charge in [0.2, 0.25) is 11.8 Å². The molecule has 178 valence electrons. The average Bonchev–Trinajstić information content (AvgIpc) is 3.09. The molecule has 3 atom stereocenters. The minimum Gasteiger partial charge on any atom is -0.489 e. The van der Waals surface area contributed by atoms with Crippen molar-refractivity contribution < 1.29 is 19.1 Å². The van der Waals surface area contributed by atoms with Gasteiger partial charge in [0, 0.05) is 31.1 Å². The number of ether oxygens (including phenoxy) is 1. The molecule has 4 aliphatic carbocycles. The van der Waals surface area contributed by atoms with E-state index in [4.69, 9.17) is 4.74 Å². The number of amides is 3. The topological polar surface area (TPSA) is 112 Å². The second-order valence-electron chi connectivity index (χ2n) is 11.1. The Kier molecular flexibility index (Phi) is 4.96. The second kappa shape index (κ2) is 7.81. The Morgan fingerprint density at radius 1 is 1.15 bits per heavy atom. The molecule has 2 bridgehead atoms. The first-order valence-corrected chi connectivity index (χ1v) is 12.5. The molecule has 34 heavy (non-hydrogen) atoms. The summed E-state index contributed by atoms with van der Waals surface area (Å²) >= 11 is 0. The van der Waals surface area contributed by atoms with Gasteiger partial charge >= 0.3 is 0 Å². The molecule has 2 heterocycles. The van der Waals surface area contributed by atoms with Crippen molar-refractivity contribution in [1.82, 2.24) is 15.5 Å². The van der Waals surface area contributed by atoms with Crippen LogP contribution in [-0.4, -0.2) is 47.4 Å².